The van der Waals surface area contributed by atoms with E-state index in [0.717, 1.165) is 38.5 Å². The molecule has 2 fully saturated rings. The molecule has 1 atom stereocenters. The van der Waals surface area contributed by atoms with Gasteiger partial charge in [-0.3, -0.25) is 19.3 Å². The molecule has 0 radical (unpaired) electrons. The van der Waals surface area contributed by atoms with Gasteiger partial charge >= 0.3 is 0 Å². The van der Waals surface area contributed by atoms with Crippen LogP contribution in [0.5, 0.6) is 0 Å². The molecule has 0 aromatic heterocycles. The average Bonchev–Trinajstić information content (AvgIpc) is 3.17. The Morgan fingerprint density at radius 1 is 1.00 bits per heavy atom. The van der Waals surface area contributed by atoms with Gasteiger partial charge in [0.15, 0.2) is 0 Å². The van der Waals surface area contributed by atoms with E-state index in [4.69, 9.17) is 5.73 Å². The Hall–Kier alpha value is -1.92. The molecule has 0 spiro atoms. The van der Waals surface area contributed by atoms with E-state index in [1.807, 2.05) is 0 Å². The first kappa shape index (κ1) is 18.9. The van der Waals surface area contributed by atoms with Gasteiger partial charge in [0.1, 0.15) is 0 Å². The maximum absolute atomic E-state index is 12.8. The number of fused-ring (bicyclic) bond motifs is 1. The average molecular weight is 378 g/mol. The zero-order valence-electron chi connectivity index (χ0n) is 14.6. The lowest BCUT2D eigenvalue weighted by Gasteiger charge is -2.29. The van der Waals surface area contributed by atoms with E-state index in [-0.39, 0.29) is 42.2 Å². The lowest BCUT2D eigenvalue weighted by atomic mass is 9.94. The smallest absolute Gasteiger partial charge is 0.261 e. The van der Waals surface area contributed by atoms with Crippen LogP contribution in [0.3, 0.4) is 0 Å². The highest BCUT2D eigenvalue weighted by Crippen LogP contribution is 2.31. The molecule has 0 unspecified atom stereocenters. The number of hydrogen-bond acceptors (Lipinski definition) is 4. The van der Waals surface area contributed by atoms with E-state index in [1.54, 1.807) is 23.1 Å². The van der Waals surface area contributed by atoms with Gasteiger partial charge in [-0.1, -0.05) is 19.3 Å². The standard InChI is InChI=1S/C19H23N3O3.ClH/c20-13-8-9-21(11-13)17(23)12-6-7-15-16(10-12)19(25)22(18(15)24)14-4-2-1-3-5-14;/h6-7,10,13-14H,1-5,8-9,11,20H2;1H/t13-;/m1./s1. The van der Waals surface area contributed by atoms with Crippen molar-refractivity contribution in [2.45, 2.75) is 50.6 Å². The molecule has 1 saturated carbocycles. The molecule has 140 valence electrons. The number of likely N-dealkylation sites (tertiary alicyclic amines) is 1. The van der Waals surface area contributed by atoms with Crippen molar-refractivity contribution in [3.8, 4) is 0 Å². The van der Waals surface area contributed by atoms with Gasteiger partial charge in [0, 0.05) is 30.7 Å². The first-order valence-corrected chi connectivity index (χ1v) is 9.13. The summed E-state index contributed by atoms with van der Waals surface area (Å²) in [5.74, 6) is -0.583. The summed E-state index contributed by atoms with van der Waals surface area (Å²) >= 11 is 0. The van der Waals surface area contributed by atoms with Gasteiger partial charge in [0.2, 0.25) is 0 Å². The first-order chi connectivity index (χ1) is 12.1. The third kappa shape index (κ3) is 3.12. The number of carbonyl (C=O) groups excluding carboxylic acids is 3. The van der Waals surface area contributed by atoms with Crippen LogP contribution in [0.25, 0.3) is 0 Å². The van der Waals surface area contributed by atoms with E-state index < -0.39 is 0 Å². The zero-order chi connectivity index (χ0) is 17.6. The normalized spacial score (nSPS) is 23.2. The number of nitrogens with zero attached hydrogens (tertiary/aromatic N) is 2. The Kier molecular flexibility index (Phi) is 5.34. The minimum absolute atomic E-state index is 0. The topological polar surface area (TPSA) is 83.7 Å². The summed E-state index contributed by atoms with van der Waals surface area (Å²) in [5.41, 5.74) is 7.12. The largest absolute Gasteiger partial charge is 0.337 e. The van der Waals surface area contributed by atoms with Crippen LogP contribution in [0.15, 0.2) is 18.2 Å². The Morgan fingerprint density at radius 3 is 2.35 bits per heavy atom. The molecule has 1 saturated heterocycles. The van der Waals surface area contributed by atoms with Gasteiger partial charge in [-0.25, -0.2) is 0 Å². The Morgan fingerprint density at radius 2 is 1.69 bits per heavy atom. The van der Waals surface area contributed by atoms with Gasteiger partial charge < -0.3 is 10.6 Å². The van der Waals surface area contributed by atoms with Crippen LogP contribution in [0, 0.1) is 0 Å². The highest BCUT2D eigenvalue weighted by Gasteiger charge is 2.40. The third-order valence-electron chi connectivity index (χ3n) is 5.62. The molecule has 2 heterocycles. The van der Waals surface area contributed by atoms with Crippen LogP contribution < -0.4 is 5.73 Å². The second-order valence-electron chi connectivity index (χ2n) is 7.33. The van der Waals surface area contributed by atoms with Gasteiger partial charge in [0.25, 0.3) is 17.7 Å². The highest BCUT2D eigenvalue weighted by atomic mass is 35.5. The van der Waals surface area contributed by atoms with E-state index >= 15 is 0 Å². The third-order valence-corrected chi connectivity index (χ3v) is 5.62. The molecule has 2 aliphatic heterocycles. The van der Waals surface area contributed by atoms with Gasteiger partial charge in [0.05, 0.1) is 11.1 Å². The van der Waals surface area contributed by atoms with E-state index in [9.17, 15) is 14.4 Å². The lowest BCUT2D eigenvalue weighted by Crippen LogP contribution is -2.40. The molecule has 1 aromatic rings. The van der Waals surface area contributed by atoms with Crippen LogP contribution in [0.4, 0.5) is 0 Å². The van der Waals surface area contributed by atoms with Gasteiger partial charge in [-0.2, -0.15) is 0 Å². The molecule has 7 heteroatoms. The van der Waals surface area contributed by atoms with E-state index in [2.05, 4.69) is 0 Å². The Bertz CT molecular complexity index is 746. The number of benzene rings is 1. The van der Waals surface area contributed by atoms with Crippen LogP contribution >= 0.6 is 12.4 Å². The fourth-order valence-electron chi connectivity index (χ4n) is 4.22. The molecular formula is C19H24ClN3O3. The number of hydrogen-bond donors (Lipinski definition) is 1. The highest BCUT2D eigenvalue weighted by molar-refractivity contribution is 6.22. The predicted molar refractivity (Wildman–Crippen MR) is 99.6 cm³/mol. The second-order valence-corrected chi connectivity index (χ2v) is 7.33. The van der Waals surface area contributed by atoms with Crippen LogP contribution in [-0.2, 0) is 0 Å². The molecule has 4 rings (SSSR count). The SMILES string of the molecule is Cl.N[C@@H]1CCN(C(=O)c2ccc3c(c2)C(=O)N(C2CCCCC2)C3=O)C1. The van der Waals surface area contributed by atoms with Crippen molar-refractivity contribution in [1.29, 1.82) is 0 Å². The molecule has 1 aliphatic carbocycles. The van der Waals surface area contributed by atoms with E-state index in [1.165, 1.54) is 4.90 Å². The van der Waals surface area contributed by atoms with Crippen molar-refractivity contribution in [3.63, 3.8) is 0 Å². The number of imide groups is 1. The van der Waals surface area contributed by atoms with Crippen molar-refractivity contribution in [1.82, 2.24) is 9.80 Å². The summed E-state index contributed by atoms with van der Waals surface area (Å²) < 4.78 is 0. The molecule has 1 aromatic carbocycles. The Balaban J connectivity index is 0.00000196. The molecular weight excluding hydrogens is 354 g/mol. The van der Waals surface area contributed by atoms with Crippen LogP contribution in [0.1, 0.15) is 69.6 Å². The predicted octanol–water partition coefficient (Wildman–Crippen LogP) is 2.21. The maximum atomic E-state index is 12.8. The van der Waals surface area contributed by atoms with Gasteiger partial charge in [-0.15, -0.1) is 12.4 Å². The fourth-order valence-corrected chi connectivity index (χ4v) is 4.22. The second kappa shape index (κ2) is 7.37. The number of rotatable bonds is 2. The molecule has 3 aliphatic rings. The summed E-state index contributed by atoms with van der Waals surface area (Å²) in [4.78, 5) is 41.3. The van der Waals surface area contributed by atoms with E-state index in [0.29, 0.717) is 29.8 Å². The van der Waals surface area contributed by atoms with Crippen molar-refractivity contribution < 1.29 is 14.4 Å². The molecule has 2 N–H and O–H groups in total. The molecule has 26 heavy (non-hydrogen) atoms. The quantitative estimate of drug-likeness (QED) is 0.801. The summed E-state index contributed by atoms with van der Waals surface area (Å²) in [6, 6.07) is 4.88. The first-order valence-electron chi connectivity index (χ1n) is 9.13. The number of carbonyl (C=O) groups is 3. The van der Waals surface area contributed by atoms with Crippen molar-refractivity contribution >= 4 is 30.1 Å². The fraction of sp³-hybridized carbons (Fsp3) is 0.526. The minimum Gasteiger partial charge on any atom is -0.337 e. The van der Waals surface area contributed by atoms with Gasteiger partial charge in [-0.05, 0) is 37.5 Å². The summed E-state index contributed by atoms with van der Waals surface area (Å²) in [6.45, 7) is 1.18. The minimum atomic E-state index is -0.250. The monoisotopic (exact) mass is 377 g/mol. The molecule has 6 nitrogen and oxygen atoms in total. The van der Waals surface area contributed by atoms with Crippen LogP contribution in [0.2, 0.25) is 0 Å². The lowest BCUT2D eigenvalue weighted by molar-refractivity contribution is 0.0548. The molecule has 0 bridgehead atoms. The molecule has 3 amide bonds. The number of amides is 3. The zero-order valence-corrected chi connectivity index (χ0v) is 15.5. The van der Waals surface area contributed by atoms with Crippen LogP contribution in [-0.4, -0.2) is 52.7 Å². The van der Waals surface area contributed by atoms with Crippen molar-refractivity contribution in [3.05, 3.63) is 34.9 Å². The summed E-state index contributed by atoms with van der Waals surface area (Å²) in [6.07, 6.45) is 5.82. The maximum Gasteiger partial charge on any atom is 0.261 e. The van der Waals surface area contributed by atoms with Crippen molar-refractivity contribution in [2.75, 3.05) is 13.1 Å². The number of halogens is 1. The summed E-state index contributed by atoms with van der Waals surface area (Å²) in [5, 5.41) is 0. The van der Waals surface area contributed by atoms with Crippen molar-refractivity contribution in [2.24, 2.45) is 5.73 Å². The Labute approximate surface area is 159 Å². The number of nitrogens with two attached hydrogens (primary N) is 1. The summed E-state index contributed by atoms with van der Waals surface area (Å²) in [7, 11) is 0.